The van der Waals surface area contributed by atoms with Crippen LogP contribution in [0.2, 0.25) is 0 Å². The molecule has 2 aliphatic rings. The highest BCUT2D eigenvalue weighted by Crippen LogP contribution is 2.20. The van der Waals surface area contributed by atoms with Gasteiger partial charge in [0, 0.05) is 38.8 Å². The van der Waals surface area contributed by atoms with Crippen molar-refractivity contribution < 1.29 is 4.79 Å². The second-order valence-corrected chi connectivity index (χ2v) is 4.80. The molecule has 92 valence electrons. The maximum Gasteiger partial charge on any atom is 0.320 e. The first-order valence-electron chi connectivity index (χ1n) is 6.54. The Bertz CT molecular complexity index is 257. The fourth-order valence-electron chi connectivity index (χ4n) is 2.81. The quantitative estimate of drug-likeness (QED) is 0.722. The normalized spacial score (nSPS) is 27.1. The van der Waals surface area contributed by atoms with Gasteiger partial charge >= 0.3 is 6.03 Å². The van der Waals surface area contributed by atoms with Crippen molar-refractivity contribution in [2.75, 3.05) is 39.3 Å². The number of rotatable bonds is 3. The van der Waals surface area contributed by atoms with Gasteiger partial charge in [0.15, 0.2) is 0 Å². The van der Waals surface area contributed by atoms with Crippen LogP contribution in [0, 0.1) is 0 Å². The van der Waals surface area contributed by atoms with Gasteiger partial charge in [-0.15, -0.1) is 0 Å². The van der Waals surface area contributed by atoms with E-state index in [0.717, 1.165) is 39.1 Å². The lowest BCUT2D eigenvalue weighted by molar-refractivity contribution is 0.0457. The maximum atomic E-state index is 12.1. The van der Waals surface area contributed by atoms with Crippen LogP contribution < -0.4 is 0 Å². The van der Waals surface area contributed by atoms with Gasteiger partial charge in [-0.05, 0) is 26.3 Å². The van der Waals surface area contributed by atoms with Crippen LogP contribution in [-0.2, 0) is 0 Å². The van der Waals surface area contributed by atoms with Gasteiger partial charge in [-0.1, -0.05) is 6.92 Å². The van der Waals surface area contributed by atoms with Gasteiger partial charge in [-0.25, -0.2) is 4.79 Å². The Balaban J connectivity index is 1.95. The Hall–Kier alpha value is -0.770. The molecular formula is C12H23N3O. The Morgan fingerprint density at radius 1 is 1.25 bits per heavy atom. The van der Waals surface area contributed by atoms with Gasteiger partial charge in [-0.2, -0.15) is 0 Å². The highest BCUT2D eigenvalue weighted by molar-refractivity contribution is 5.75. The van der Waals surface area contributed by atoms with Crippen molar-refractivity contribution in [3.8, 4) is 0 Å². The minimum atomic E-state index is 0.259. The number of hydrogen-bond acceptors (Lipinski definition) is 2. The van der Waals surface area contributed by atoms with Crippen molar-refractivity contribution in [2.24, 2.45) is 0 Å². The summed E-state index contributed by atoms with van der Waals surface area (Å²) >= 11 is 0. The number of carbonyl (C=O) groups excluding carboxylic acids is 1. The summed E-state index contributed by atoms with van der Waals surface area (Å²) < 4.78 is 0. The Kier molecular flexibility index (Phi) is 3.69. The monoisotopic (exact) mass is 225 g/mol. The van der Waals surface area contributed by atoms with E-state index < -0.39 is 0 Å². The van der Waals surface area contributed by atoms with Gasteiger partial charge in [0.1, 0.15) is 0 Å². The SMILES string of the molecule is CCCN1CCN2C(=O)N(CC)CCC2C1. The Morgan fingerprint density at radius 2 is 2.06 bits per heavy atom. The van der Waals surface area contributed by atoms with Crippen LogP contribution in [0.25, 0.3) is 0 Å². The van der Waals surface area contributed by atoms with E-state index in [-0.39, 0.29) is 6.03 Å². The molecule has 2 amide bonds. The van der Waals surface area contributed by atoms with E-state index in [4.69, 9.17) is 0 Å². The van der Waals surface area contributed by atoms with Crippen LogP contribution >= 0.6 is 0 Å². The molecule has 0 saturated carbocycles. The molecule has 0 radical (unpaired) electrons. The molecule has 1 atom stereocenters. The molecule has 4 nitrogen and oxygen atoms in total. The van der Waals surface area contributed by atoms with Crippen LogP contribution in [0.15, 0.2) is 0 Å². The van der Waals surface area contributed by atoms with Gasteiger partial charge in [-0.3, -0.25) is 4.90 Å². The number of urea groups is 1. The summed E-state index contributed by atoms with van der Waals surface area (Å²) in [5, 5.41) is 0. The van der Waals surface area contributed by atoms with Crippen molar-refractivity contribution in [3.63, 3.8) is 0 Å². The average Bonchev–Trinajstić information content (AvgIpc) is 2.30. The van der Waals surface area contributed by atoms with E-state index in [1.165, 1.54) is 13.0 Å². The average molecular weight is 225 g/mol. The van der Waals surface area contributed by atoms with E-state index in [0.29, 0.717) is 6.04 Å². The van der Waals surface area contributed by atoms with E-state index in [1.54, 1.807) is 0 Å². The molecule has 1 unspecified atom stereocenters. The van der Waals surface area contributed by atoms with E-state index in [9.17, 15) is 4.79 Å². The molecule has 0 aromatic heterocycles. The topological polar surface area (TPSA) is 26.8 Å². The van der Waals surface area contributed by atoms with Crippen LogP contribution in [-0.4, -0.2) is 66.0 Å². The number of carbonyl (C=O) groups is 1. The minimum absolute atomic E-state index is 0.259. The lowest BCUT2D eigenvalue weighted by Crippen LogP contribution is -2.62. The molecular weight excluding hydrogens is 202 g/mol. The molecule has 0 aliphatic carbocycles. The highest BCUT2D eigenvalue weighted by atomic mass is 16.2. The van der Waals surface area contributed by atoms with E-state index >= 15 is 0 Å². The summed E-state index contributed by atoms with van der Waals surface area (Å²) in [6.45, 7) is 10.3. The Labute approximate surface area is 98.2 Å². The van der Waals surface area contributed by atoms with Gasteiger partial charge in [0.2, 0.25) is 0 Å². The van der Waals surface area contributed by atoms with Gasteiger partial charge in [0.05, 0.1) is 0 Å². The van der Waals surface area contributed by atoms with Crippen molar-refractivity contribution in [3.05, 3.63) is 0 Å². The first-order valence-corrected chi connectivity index (χ1v) is 6.54. The second-order valence-electron chi connectivity index (χ2n) is 4.80. The lowest BCUT2D eigenvalue weighted by Gasteiger charge is -2.47. The molecule has 0 N–H and O–H groups in total. The molecule has 0 aromatic carbocycles. The number of hydrogen-bond donors (Lipinski definition) is 0. The second kappa shape index (κ2) is 5.04. The third-order valence-corrected chi connectivity index (χ3v) is 3.74. The molecule has 16 heavy (non-hydrogen) atoms. The summed E-state index contributed by atoms with van der Waals surface area (Å²) in [5.41, 5.74) is 0. The maximum absolute atomic E-state index is 12.1. The molecule has 2 heterocycles. The van der Waals surface area contributed by atoms with Crippen LogP contribution in [0.4, 0.5) is 4.79 Å². The number of fused-ring (bicyclic) bond motifs is 1. The zero-order valence-corrected chi connectivity index (χ0v) is 10.5. The molecule has 0 spiro atoms. The molecule has 2 fully saturated rings. The third-order valence-electron chi connectivity index (χ3n) is 3.74. The van der Waals surface area contributed by atoms with Crippen LogP contribution in [0.5, 0.6) is 0 Å². The molecule has 2 rings (SSSR count). The molecule has 0 bridgehead atoms. The van der Waals surface area contributed by atoms with E-state index in [1.807, 2.05) is 4.90 Å². The van der Waals surface area contributed by atoms with Crippen molar-refractivity contribution in [1.29, 1.82) is 0 Å². The molecule has 0 aromatic rings. The van der Waals surface area contributed by atoms with Crippen LogP contribution in [0.3, 0.4) is 0 Å². The first-order chi connectivity index (χ1) is 7.76. The predicted molar refractivity (Wildman–Crippen MR) is 64.5 cm³/mol. The molecule has 4 heteroatoms. The zero-order chi connectivity index (χ0) is 11.5. The summed E-state index contributed by atoms with van der Waals surface area (Å²) in [6, 6.07) is 0.727. The minimum Gasteiger partial charge on any atom is -0.325 e. The fraction of sp³-hybridized carbons (Fsp3) is 0.917. The molecule has 2 aliphatic heterocycles. The summed E-state index contributed by atoms with van der Waals surface area (Å²) in [4.78, 5) is 18.6. The zero-order valence-electron chi connectivity index (χ0n) is 10.5. The largest absolute Gasteiger partial charge is 0.325 e. The van der Waals surface area contributed by atoms with E-state index in [2.05, 4.69) is 23.6 Å². The fourth-order valence-corrected chi connectivity index (χ4v) is 2.81. The molecule has 2 saturated heterocycles. The van der Waals surface area contributed by atoms with Gasteiger partial charge < -0.3 is 9.80 Å². The smallest absolute Gasteiger partial charge is 0.320 e. The standard InChI is InChI=1S/C12H23N3O/c1-3-6-13-8-9-15-11(10-13)5-7-14(4-2)12(15)16/h11H,3-10H2,1-2H3. The summed E-state index contributed by atoms with van der Waals surface area (Å²) in [5.74, 6) is 0. The van der Waals surface area contributed by atoms with Crippen LogP contribution in [0.1, 0.15) is 26.7 Å². The summed E-state index contributed by atoms with van der Waals surface area (Å²) in [6.07, 6.45) is 2.35. The Morgan fingerprint density at radius 3 is 2.75 bits per heavy atom. The number of nitrogens with zero attached hydrogens (tertiary/aromatic N) is 3. The van der Waals surface area contributed by atoms with Gasteiger partial charge in [0.25, 0.3) is 0 Å². The van der Waals surface area contributed by atoms with Crippen molar-refractivity contribution in [2.45, 2.75) is 32.7 Å². The summed E-state index contributed by atoms with van der Waals surface area (Å²) in [7, 11) is 0. The van der Waals surface area contributed by atoms with Crippen molar-refractivity contribution in [1.82, 2.24) is 14.7 Å². The first kappa shape index (κ1) is 11.7. The van der Waals surface area contributed by atoms with Crippen molar-refractivity contribution >= 4 is 6.03 Å². The lowest BCUT2D eigenvalue weighted by atomic mass is 10.1. The predicted octanol–water partition coefficient (Wildman–Crippen LogP) is 1.23. The number of amides is 2. The third kappa shape index (κ3) is 2.17. The number of piperazine rings is 1. The highest BCUT2D eigenvalue weighted by Gasteiger charge is 2.35.